The summed E-state index contributed by atoms with van der Waals surface area (Å²) in [6.07, 6.45) is 1.51. The lowest BCUT2D eigenvalue weighted by Gasteiger charge is -2.19. The number of H-pyrrole nitrogens is 1. The second kappa shape index (κ2) is 5.47. The topological polar surface area (TPSA) is 57.7 Å². The van der Waals surface area contributed by atoms with Crippen molar-refractivity contribution in [2.75, 3.05) is 18.0 Å². The average molecular weight is 285 g/mol. The van der Waals surface area contributed by atoms with Gasteiger partial charge in [0.05, 0.1) is 0 Å². The van der Waals surface area contributed by atoms with Gasteiger partial charge in [0.25, 0.3) is 0 Å². The molecular weight excluding hydrogens is 269 g/mol. The van der Waals surface area contributed by atoms with Crippen molar-refractivity contribution in [3.63, 3.8) is 0 Å². The number of nitrogens with one attached hydrogen (secondary N) is 1. The van der Waals surface area contributed by atoms with E-state index in [0.29, 0.717) is 17.0 Å². The number of nitrogens with zero attached hydrogens (tertiary/aromatic N) is 4. The molecule has 0 spiro atoms. The number of hydrogen-bond donors (Lipinski definition) is 1. The van der Waals surface area contributed by atoms with Crippen LogP contribution in [0.4, 0.5) is 10.2 Å². The zero-order valence-electron chi connectivity index (χ0n) is 12.0. The molecule has 0 saturated carbocycles. The van der Waals surface area contributed by atoms with Crippen LogP contribution >= 0.6 is 0 Å². The zero-order valence-corrected chi connectivity index (χ0v) is 12.0. The van der Waals surface area contributed by atoms with E-state index in [1.165, 1.54) is 18.5 Å². The minimum atomic E-state index is -0.289. The number of fused-ring (bicyclic) bond motifs is 1. The fourth-order valence-electron chi connectivity index (χ4n) is 2.35. The summed E-state index contributed by atoms with van der Waals surface area (Å²) in [6, 6.07) is 6.33. The predicted molar refractivity (Wildman–Crippen MR) is 80.6 cm³/mol. The lowest BCUT2D eigenvalue weighted by Crippen LogP contribution is -2.23. The molecule has 1 N–H and O–H groups in total. The lowest BCUT2D eigenvalue weighted by molar-refractivity contribution is 0.628. The number of anilines is 1. The second-order valence-corrected chi connectivity index (χ2v) is 4.66. The Hall–Kier alpha value is -2.50. The number of hydrogen-bond acceptors (Lipinski definition) is 4. The first-order chi connectivity index (χ1) is 10.2. The van der Waals surface area contributed by atoms with Crippen molar-refractivity contribution in [2.45, 2.75) is 13.8 Å². The molecule has 0 aliphatic carbocycles. The van der Waals surface area contributed by atoms with E-state index in [-0.39, 0.29) is 5.82 Å². The third kappa shape index (κ3) is 2.44. The van der Waals surface area contributed by atoms with Crippen LogP contribution in [-0.4, -0.2) is 33.0 Å². The molecule has 0 bridgehead atoms. The maximum absolute atomic E-state index is 13.3. The monoisotopic (exact) mass is 285 g/mol. The molecule has 3 aromatic rings. The maximum atomic E-state index is 13.3. The third-order valence-electron chi connectivity index (χ3n) is 3.43. The summed E-state index contributed by atoms with van der Waals surface area (Å²) >= 11 is 0. The third-order valence-corrected chi connectivity index (χ3v) is 3.43. The highest BCUT2D eigenvalue weighted by molar-refractivity contribution is 5.85. The Morgan fingerprint density at radius 3 is 2.71 bits per heavy atom. The SMILES string of the molecule is CCN(CC)c1ncnc2nc(-c3cccc(F)c3)[nH]c12. The Bertz CT molecular complexity index is 764. The van der Waals surface area contributed by atoms with Crippen molar-refractivity contribution in [3.8, 4) is 11.4 Å². The van der Waals surface area contributed by atoms with Crippen LogP contribution in [0.2, 0.25) is 0 Å². The van der Waals surface area contributed by atoms with Crippen LogP contribution in [-0.2, 0) is 0 Å². The molecule has 0 aliphatic heterocycles. The van der Waals surface area contributed by atoms with E-state index in [1.807, 2.05) is 6.07 Å². The summed E-state index contributed by atoms with van der Waals surface area (Å²) < 4.78 is 13.3. The number of imidazole rings is 1. The van der Waals surface area contributed by atoms with Crippen molar-refractivity contribution >= 4 is 17.0 Å². The molecule has 0 amide bonds. The van der Waals surface area contributed by atoms with Crippen molar-refractivity contribution in [1.82, 2.24) is 19.9 Å². The van der Waals surface area contributed by atoms with Crippen molar-refractivity contribution < 1.29 is 4.39 Å². The largest absolute Gasteiger partial charge is 0.355 e. The number of halogens is 1. The van der Waals surface area contributed by atoms with Crippen molar-refractivity contribution in [3.05, 3.63) is 36.4 Å². The highest BCUT2D eigenvalue weighted by atomic mass is 19.1. The van der Waals surface area contributed by atoms with Gasteiger partial charge in [-0.25, -0.2) is 19.3 Å². The van der Waals surface area contributed by atoms with E-state index < -0.39 is 0 Å². The van der Waals surface area contributed by atoms with E-state index in [9.17, 15) is 4.39 Å². The van der Waals surface area contributed by atoms with E-state index in [4.69, 9.17) is 0 Å². The smallest absolute Gasteiger partial charge is 0.183 e. The molecule has 6 heteroatoms. The lowest BCUT2D eigenvalue weighted by atomic mass is 10.2. The highest BCUT2D eigenvalue weighted by Crippen LogP contribution is 2.25. The molecule has 0 aliphatic rings. The summed E-state index contributed by atoms with van der Waals surface area (Å²) in [7, 11) is 0. The summed E-state index contributed by atoms with van der Waals surface area (Å²) in [5.74, 6) is 1.13. The van der Waals surface area contributed by atoms with E-state index >= 15 is 0 Å². The molecule has 2 heterocycles. The minimum Gasteiger partial charge on any atom is -0.355 e. The molecule has 0 radical (unpaired) electrons. The maximum Gasteiger partial charge on any atom is 0.183 e. The Morgan fingerprint density at radius 2 is 2.00 bits per heavy atom. The van der Waals surface area contributed by atoms with Crippen molar-refractivity contribution in [2.24, 2.45) is 0 Å². The molecule has 0 fully saturated rings. The van der Waals surface area contributed by atoms with Gasteiger partial charge in [-0.05, 0) is 26.0 Å². The van der Waals surface area contributed by atoms with Gasteiger partial charge in [0, 0.05) is 18.7 Å². The Balaban J connectivity index is 2.14. The van der Waals surface area contributed by atoms with E-state index in [1.54, 1.807) is 6.07 Å². The van der Waals surface area contributed by atoms with Crippen LogP contribution in [0.15, 0.2) is 30.6 Å². The number of benzene rings is 1. The van der Waals surface area contributed by atoms with Gasteiger partial charge in [0.15, 0.2) is 11.5 Å². The first-order valence-corrected chi connectivity index (χ1v) is 6.94. The van der Waals surface area contributed by atoms with Crippen LogP contribution in [0.3, 0.4) is 0 Å². The van der Waals surface area contributed by atoms with Crippen LogP contribution in [0, 0.1) is 5.82 Å². The van der Waals surface area contributed by atoms with Gasteiger partial charge in [0.2, 0.25) is 0 Å². The first-order valence-electron chi connectivity index (χ1n) is 6.94. The van der Waals surface area contributed by atoms with Gasteiger partial charge >= 0.3 is 0 Å². The molecule has 2 aromatic heterocycles. The normalized spacial score (nSPS) is 11.0. The van der Waals surface area contributed by atoms with Gasteiger partial charge in [-0.15, -0.1) is 0 Å². The van der Waals surface area contributed by atoms with Gasteiger partial charge < -0.3 is 9.88 Å². The highest BCUT2D eigenvalue weighted by Gasteiger charge is 2.14. The Morgan fingerprint density at radius 1 is 1.19 bits per heavy atom. The Labute approximate surface area is 121 Å². The first kappa shape index (κ1) is 13.5. The van der Waals surface area contributed by atoms with Crippen molar-refractivity contribution in [1.29, 1.82) is 0 Å². The number of aromatic amines is 1. The average Bonchev–Trinajstić information content (AvgIpc) is 2.93. The summed E-state index contributed by atoms with van der Waals surface area (Å²) in [6.45, 7) is 5.83. The fraction of sp³-hybridized carbons (Fsp3) is 0.267. The van der Waals surface area contributed by atoms with Crippen LogP contribution in [0.25, 0.3) is 22.6 Å². The molecule has 3 rings (SSSR count). The standard InChI is InChI=1S/C15H16FN5/c1-3-21(4-2)15-12-14(17-9-18-15)20-13(19-12)10-6-5-7-11(16)8-10/h5-9H,3-4H2,1-2H3,(H,17,18,19,20). The molecule has 0 unspecified atom stereocenters. The number of rotatable bonds is 4. The van der Waals surface area contributed by atoms with Crippen LogP contribution < -0.4 is 4.90 Å². The Kier molecular flexibility index (Phi) is 3.51. The van der Waals surface area contributed by atoms with Crippen LogP contribution in [0.1, 0.15) is 13.8 Å². The fourth-order valence-corrected chi connectivity index (χ4v) is 2.35. The molecule has 5 nitrogen and oxygen atoms in total. The second-order valence-electron chi connectivity index (χ2n) is 4.66. The van der Waals surface area contributed by atoms with Gasteiger partial charge in [0.1, 0.15) is 23.5 Å². The summed E-state index contributed by atoms with van der Waals surface area (Å²) in [5.41, 5.74) is 2.06. The molecule has 0 saturated heterocycles. The van der Waals surface area contributed by atoms with Crippen LogP contribution in [0.5, 0.6) is 0 Å². The van der Waals surface area contributed by atoms with Gasteiger partial charge in [-0.3, -0.25) is 0 Å². The van der Waals surface area contributed by atoms with E-state index in [2.05, 4.69) is 38.7 Å². The summed E-state index contributed by atoms with van der Waals surface area (Å²) in [5, 5.41) is 0. The molecule has 1 aromatic carbocycles. The number of aromatic nitrogens is 4. The molecule has 108 valence electrons. The van der Waals surface area contributed by atoms with E-state index in [0.717, 1.165) is 24.4 Å². The zero-order chi connectivity index (χ0) is 14.8. The van der Waals surface area contributed by atoms with Gasteiger partial charge in [-0.1, -0.05) is 12.1 Å². The molecule has 21 heavy (non-hydrogen) atoms. The molecule has 0 atom stereocenters. The molecular formula is C15H16FN5. The minimum absolute atomic E-state index is 0.289. The van der Waals surface area contributed by atoms with Gasteiger partial charge in [-0.2, -0.15) is 0 Å². The summed E-state index contributed by atoms with van der Waals surface area (Å²) in [4.78, 5) is 18.3. The quantitative estimate of drug-likeness (QED) is 0.800. The predicted octanol–water partition coefficient (Wildman–Crippen LogP) is 3.01.